The zero-order valence-corrected chi connectivity index (χ0v) is 18.6. The van der Waals surface area contributed by atoms with Gasteiger partial charge in [-0.05, 0) is 30.4 Å². The lowest BCUT2D eigenvalue weighted by molar-refractivity contribution is -0.122. The number of fused-ring (bicyclic) bond motifs is 1. The standard InChI is InChI=1S/C25H29N5O3/c1-16(17-7-3-2-4-8-17)11-12-23(31)22-13-18(26)14-30(22)25(33)28-20-15-29(24(27)32)21-10-6-5-9-19(20)21/h2-10,15-16,18,22H,11-14,26H2,1H3,(H2,27,32)(H,28,33)/t16-,18-,22-/m0/s1. The van der Waals surface area contributed by atoms with Crippen LogP contribution in [-0.4, -0.2) is 45.9 Å². The second kappa shape index (κ2) is 9.46. The molecule has 3 aromatic rings. The Hall–Kier alpha value is -3.65. The van der Waals surface area contributed by atoms with Gasteiger partial charge in [0.25, 0.3) is 0 Å². The Morgan fingerprint density at radius 3 is 2.52 bits per heavy atom. The van der Waals surface area contributed by atoms with Gasteiger partial charge in [0.1, 0.15) is 0 Å². The van der Waals surface area contributed by atoms with Gasteiger partial charge in [-0.2, -0.15) is 0 Å². The maximum absolute atomic E-state index is 13.1. The molecule has 2 aromatic carbocycles. The van der Waals surface area contributed by atoms with E-state index in [0.29, 0.717) is 42.4 Å². The number of aromatic nitrogens is 1. The number of nitrogens with one attached hydrogen (secondary N) is 1. The molecule has 1 saturated heterocycles. The Labute approximate surface area is 192 Å². The number of rotatable bonds is 6. The number of nitrogens with zero attached hydrogens (tertiary/aromatic N) is 2. The normalized spacial score (nSPS) is 18.9. The lowest BCUT2D eigenvalue weighted by Crippen LogP contribution is -2.43. The minimum Gasteiger partial charge on any atom is -0.351 e. The number of carbonyl (C=O) groups is 3. The maximum Gasteiger partial charge on any atom is 0.323 e. The number of benzene rings is 2. The number of Topliss-reactive ketones (excluding diaryl/α,β-unsaturated/α-hetero) is 1. The summed E-state index contributed by atoms with van der Waals surface area (Å²) in [6.07, 6.45) is 3.02. The van der Waals surface area contributed by atoms with Gasteiger partial charge in [-0.1, -0.05) is 55.5 Å². The third-order valence-corrected chi connectivity index (χ3v) is 6.35. The van der Waals surface area contributed by atoms with Crippen molar-refractivity contribution in [2.75, 3.05) is 11.9 Å². The summed E-state index contributed by atoms with van der Waals surface area (Å²) in [5.74, 6) is 0.257. The predicted octanol–water partition coefficient (Wildman–Crippen LogP) is 3.65. The van der Waals surface area contributed by atoms with Gasteiger partial charge in [0.05, 0.1) is 17.2 Å². The van der Waals surface area contributed by atoms with E-state index < -0.39 is 18.1 Å². The number of carbonyl (C=O) groups excluding carboxylic acids is 3. The van der Waals surface area contributed by atoms with E-state index in [1.54, 1.807) is 18.2 Å². The molecule has 1 aromatic heterocycles. The summed E-state index contributed by atoms with van der Waals surface area (Å²) in [6.45, 7) is 2.40. The number of anilines is 1. The van der Waals surface area contributed by atoms with Crippen molar-refractivity contribution >= 4 is 34.4 Å². The molecule has 1 aliphatic heterocycles. The first kappa shape index (κ1) is 22.5. The molecule has 4 rings (SSSR count). The van der Waals surface area contributed by atoms with Gasteiger partial charge >= 0.3 is 12.1 Å². The van der Waals surface area contributed by atoms with Gasteiger partial charge in [-0.3, -0.25) is 9.36 Å². The fourth-order valence-corrected chi connectivity index (χ4v) is 4.52. The van der Waals surface area contributed by atoms with Crippen LogP contribution < -0.4 is 16.8 Å². The van der Waals surface area contributed by atoms with Crippen LogP contribution in [0.5, 0.6) is 0 Å². The van der Waals surface area contributed by atoms with E-state index in [1.165, 1.54) is 21.2 Å². The first-order chi connectivity index (χ1) is 15.8. The zero-order chi connectivity index (χ0) is 23.5. The van der Waals surface area contributed by atoms with Crippen LogP contribution in [0.2, 0.25) is 0 Å². The summed E-state index contributed by atoms with van der Waals surface area (Å²) in [6, 6.07) is 15.3. The number of hydrogen-bond donors (Lipinski definition) is 3. The van der Waals surface area contributed by atoms with E-state index in [9.17, 15) is 14.4 Å². The van der Waals surface area contributed by atoms with Gasteiger partial charge in [-0.15, -0.1) is 0 Å². The molecule has 0 spiro atoms. The van der Waals surface area contributed by atoms with Crippen molar-refractivity contribution in [2.45, 2.75) is 44.2 Å². The summed E-state index contributed by atoms with van der Waals surface area (Å²) in [4.78, 5) is 39.5. The Kier molecular flexibility index (Phi) is 6.46. The van der Waals surface area contributed by atoms with E-state index in [-0.39, 0.29) is 17.7 Å². The fraction of sp³-hybridized carbons (Fsp3) is 0.320. The molecule has 5 N–H and O–H groups in total. The number of ketones is 1. The average Bonchev–Trinajstić information content (AvgIpc) is 3.39. The summed E-state index contributed by atoms with van der Waals surface area (Å²) in [5, 5.41) is 3.54. The van der Waals surface area contributed by atoms with Crippen LogP contribution in [0.25, 0.3) is 10.9 Å². The van der Waals surface area contributed by atoms with Crippen LogP contribution >= 0.6 is 0 Å². The molecule has 2 heterocycles. The molecular formula is C25H29N5O3. The van der Waals surface area contributed by atoms with Crippen LogP contribution in [0.3, 0.4) is 0 Å². The molecule has 8 nitrogen and oxygen atoms in total. The Bertz CT molecular complexity index is 1170. The van der Waals surface area contributed by atoms with Crippen LogP contribution in [0.4, 0.5) is 15.3 Å². The Morgan fingerprint density at radius 1 is 1.09 bits per heavy atom. The SMILES string of the molecule is C[C@@H](CCC(=O)[C@@H]1C[C@H](N)CN1C(=O)Nc1cn(C(N)=O)c2ccccc12)c1ccccc1. The van der Waals surface area contributed by atoms with Crippen LogP contribution in [-0.2, 0) is 4.79 Å². The molecular weight excluding hydrogens is 418 g/mol. The van der Waals surface area contributed by atoms with Crippen LogP contribution in [0, 0.1) is 0 Å². The highest BCUT2D eigenvalue weighted by molar-refractivity contribution is 6.05. The molecule has 1 fully saturated rings. The lowest BCUT2D eigenvalue weighted by Gasteiger charge is -2.24. The number of likely N-dealkylation sites (tertiary alicyclic amines) is 1. The largest absolute Gasteiger partial charge is 0.351 e. The molecule has 3 atom stereocenters. The van der Waals surface area contributed by atoms with E-state index in [2.05, 4.69) is 24.4 Å². The minimum absolute atomic E-state index is 0.0143. The smallest absolute Gasteiger partial charge is 0.323 e. The number of urea groups is 1. The first-order valence-corrected chi connectivity index (χ1v) is 11.2. The van der Waals surface area contributed by atoms with E-state index in [1.807, 2.05) is 24.3 Å². The zero-order valence-electron chi connectivity index (χ0n) is 18.6. The molecule has 0 radical (unpaired) electrons. The highest BCUT2D eigenvalue weighted by Crippen LogP contribution is 2.28. The summed E-state index contributed by atoms with van der Waals surface area (Å²) >= 11 is 0. The number of nitrogens with two attached hydrogens (primary N) is 2. The molecule has 8 heteroatoms. The second-order valence-corrected chi connectivity index (χ2v) is 8.68. The molecule has 0 unspecified atom stereocenters. The second-order valence-electron chi connectivity index (χ2n) is 8.68. The number of amides is 3. The van der Waals surface area contributed by atoms with Gasteiger partial charge in [0, 0.05) is 30.6 Å². The average molecular weight is 448 g/mol. The van der Waals surface area contributed by atoms with Crippen molar-refractivity contribution in [2.24, 2.45) is 11.5 Å². The summed E-state index contributed by atoms with van der Waals surface area (Å²) < 4.78 is 1.29. The van der Waals surface area contributed by atoms with Crippen molar-refractivity contribution in [3.8, 4) is 0 Å². The molecule has 0 aliphatic carbocycles. The monoisotopic (exact) mass is 447 g/mol. The van der Waals surface area contributed by atoms with Gasteiger partial charge in [-0.25, -0.2) is 9.59 Å². The van der Waals surface area contributed by atoms with Crippen molar-refractivity contribution < 1.29 is 14.4 Å². The Morgan fingerprint density at radius 2 is 1.79 bits per heavy atom. The first-order valence-electron chi connectivity index (χ1n) is 11.2. The van der Waals surface area contributed by atoms with E-state index in [4.69, 9.17) is 11.5 Å². The number of para-hydroxylation sites is 1. The van der Waals surface area contributed by atoms with Crippen LogP contribution in [0.15, 0.2) is 60.8 Å². The maximum atomic E-state index is 13.1. The van der Waals surface area contributed by atoms with Gasteiger partial charge in [0.15, 0.2) is 5.78 Å². The van der Waals surface area contributed by atoms with Crippen LogP contribution in [0.1, 0.15) is 37.7 Å². The van der Waals surface area contributed by atoms with Gasteiger partial charge in [0.2, 0.25) is 0 Å². The minimum atomic E-state index is -0.643. The van der Waals surface area contributed by atoms with Crippen molar-refractivity contribution in [1.29, 1.82) is 0 Å². The topological polar surface area (TPSA) is 123 Å². The summed E-state index contributed by atoms with van der Waals surface area (Å²) in [7, 11) is 0. The molecule has 33 heavy (non-hydrogen) atoms. The van der Waals surface area contributed by atoms with E-state index >= 15 is 0 Å². The van der Waals surface area contributed by atoms with Crippen molar-refractivity contribution in [1.82, 2.24) is 9.47 Å². The van der Waals surface area contributed by atoms with Crippen molar-refractivity contribution in [3.05, 3.63) is 66.4 Å². The third-order valence-electron chi connectivity index (χ3n) is 6.35. The number of hydrogen-bond acceptors (Lipinski definition) is 4. The molecule has 1 aliphatic rings. The predicted molar refractivity (Wildman–Crippen MR) is 128 cm³/mol. The summed E-state index contributed by atoms with van der Waals surface area (Å²) in [5.41, 5.74) is 13.8. The molecule has 3 amide bonds. The molecule has 0 bridgehead atoms. The number of primary amides is 1. The van der Waals surface area contributed by atoms with Gasteiger partial charge < -0.3 is 21.7 Å². The lowest BCUT2D eigenvalue weighted by atomic mass is 9.93. The van der Waals surface area contributed by atoms with E-state index in [0.717, 1.165) is 0 Å². The van der Waals surface area contributed by atoms with Crippen molar-refractivity contribution in [3.63, 3.8) is 0 Å². The Balaban J connectivity index is 1.46. The molecule has 0 saturated carbocycles. The quantitative estimate of drug-likeness (QED) is 0.533. The fourth-order valence-electron chi connectivity index (χ4n) is 4.52. The molecule has 172 valence electrons. The highest BCUT2D eigenvalue weighted by atomic mass is 16.2. The third kappa shape index (κ3) is 4.75. The highest BCUT2D eigenvalue weighted by Gasteiger charge is 2.38.